The van der Waals surface area contributed by atoms with Gasteiger partial charge in [-0.15, -0.1) is 0 Å². The van der Waals surface area contributed by atoms with Crippen LogP contribution in [0.25, 0.3) is 0 Å². The van der Waals surface area contributed by atoms with Gasteiger partial charge in [0.1, 0.15) is 11.5 Å². The summed E-state index contributed by atoms with van der Waals surface area (Å²) in [7, 11) is 0. The average Bonchev–Trinajstić information content (AvgIpc) is 2.91. The van der Waals surface area contributed by atoms with Crippen LogP contribution in [0.5, 0.6) is 0 Å². The number of nitrogens with zero attached hydrogens (tertiary/aromatic N) is 4. The van der Waals surface area contributed by atoms with E-state index in [1.807, 2.05) is 6.92 Å². The predicted molar refractivity (Wildman–Crippen MR) is 74.4 cm³/mol. The number of rotatable bonds is 6. The van der Waals surface area contributed by atoms with Crippen molar-refractivity contribution in [3.8, 4) is 0 Å². The first-order valence-corrected chi connectivity index (χ1v) is 6.22. The smallest absolute Gasteiger partial charge is 0.332 e. The van der Waals surface area contributed by atoms with Crippen molar-refractivity contribution in [3.05, 3.63) is 33.7 Å². The number of nitro groups is 1. The third-order valence-corrected chi connectivity index (χ3v) is 2.73. The second kappa shape index (κ2) is 6.13. The highest BCUT2D eigenvalue weighted by Gasteiger charge is 2.22. The van der Waals surface area contributed by atoms with Crippen LogP contribution >= 0.6 is 0 Å². The van der Waals surface area contributed by atoms with Gasteiger partial charge in [-0.05, 0) is 6.92 Å². The van der Waals surface area contributed by atoms with Crippen LogP contribution in [0.2, 0.25) is 0 Å². The van der Waals surface area contributed by atoms with E-state index in [4.69, 9.17) is 10.3 Å². The molecule has 21 heavy (non-hydrogen) atoms. The zero-order valence-electron chi connectivity index (χ0n) is 11.6. The molecule has 0 aliphatic heterocycles. The first-order chi connectivity index (χ1) is 10.0. The molecule has 2 aromatic heterocycles. The standard InChI is InChI=1S/C11H15N7O3/c1-3-7-4-13-8(21-7)5-14-10-9(18(19)20)6(2)15-11(16-10)17-12/h4H,3,5,12H2,1-2H3,(H2,14,15,16,17). The van der Waals surface area contributed by atoms with E-state index in [-0.39, 0.29) is 29.7 Å². The minimum Gasteiger partial charge on any atom is -0.444 e. The monoisotopic (exact) mass is 293 g/mol. The summed E-state index contributed by atoms with van der Waals surface area (Å²) < 4.78 is 5.41. The number of aryl methyl sites for hydroxylation is 2. The lowest BCUT2D eigenvalue weighted by atomic mass is 10.3. The Bertz CT molecular complexity index is 655. The van der Waals surface area contributed by atoms with Crippen molar-refractivity contribution >= 4 is 17.5 Å². The van der Waals surface area contributed by atoms with Gasteiger partial charge in [0, 0.05) is 6.42 Å². The van der Waals surface area contributed by atoms with Crippen molar-refractivity contribution < 1.29 is 9.34 Å². The summed E-state index contributed by atoms with van der Waals surface area (Å²) in [5.74, 6) is 6.53. The molecule has 0 aliphatic rings. The highest BCUT2D eigenvalue weighted by atomic mass is 16.6. The molecular formula is C11H15N7O3. The maximum Gasteiger partial charge on any atom is 0.332 e. The molecule has 2 heterocycles. The van der Waals surface area contributed by atoms with Crippen molar-refractivity contribution in [1.29, 1.82) is 0 Å². The van der Waals surface area contributed by atoms with E-state index < -0.39 is 4.92 Å². The summed E-state index contributed by atoms with van der Waals surface area (Å²) >= 11 is 0. The molecule has 0 aromatic carbocycles. The molecule has 4 N–H and O–H groups in total. The van der Waals surface area contributed by atoms with Gasteiger partial charge < -0.3 is 9.73 Å². The first-order valence-electron chi connectivity index (χ1n) is 6.22. The molecule has 0 amide bonds. The fourth-order valence-electron chi connectivity index (χ4n) is 1.73. The topological polar surface area (TPSA) is 145 Å². The molecule has 0 radical (unpaired) electrons. The highest BCUT2D eigenvalue weighted by molar-refractivity contribution is 5.60. The minimum absolute atomic E-state index is 0.0525. The lowest BCUT2D eigenvalue weighted by Gasteiger charge is -2.07. The summed E-state index contributed by atoms with van der Waals surface area (Å²) in [4.78, 5) is 22.4. The van der Waals surface area contributed by atoms with E-state index >= 15 is 0 Å². The predicted octanol–water partition coefficient (Wildman–Crippen LogP) is 1.14. The van der Waals surface area contributed by atoms with Crippen LogP contribution in [0.1, 0.15) is 24.3 Å². The Morgan fingerprint density at radius 3 is 2.81 bits per heavy atom. The Morgan fingerprint density at radius 1 is 1.48 bits per heavy atom. The van der Waals surface area contributed by atoms with Crippen LogP contribution in [0, 0.1) is 17.0 Å². The summed E-state index contributed by atoms with van der Waals surface area (Å²) in [6, 6.07) is 0. The Labute approximate surface area is 119 Å². The molecule has 0 saturated heterocycles. The SMILES string of the molecule is CCc1cnc(CNc2nc(NN)nc(C)c2[N+](=O)[O-])o1. The van der Waals surface area contributed by atoms with E-state index in [1.165, 1.54) is 6.92 Å². The van der Waals surface area contributed by atoms with Gasteiger partial charge >= 0.3 is 5.69 Å². The number of hydrazine groups is 1. The molecule has 0 fully saturated rings. The van der Waals surface area contributed by atoms with Gasteiger partial charge in [0.2, 0.25) is 17.7 Å². The lowest BCUT2D eigenvalue weighted by molar-refractivity contribution is -0.385. The Balaban J connectivity index is 2.25. The number of aromatic nitrogens is 3. The maximum absolute atomic E-state index is 11.1. The van der Waals surface area contributed by atoms with E-state index in [1.54, 1.807) is 6.20 Å². The van der Waals surface area contributed by atoms with E-state index in [9.17, 15) is 10.1 Å². The third-order valence-electron chi connectivity index (χ3n) is 2.73. The number of anilines is 2. The summed E-state index contributed by atoms with van der Waals surface area (Å²) in [5, 5.41) is 13.9. The van der Waals surface area contributed by atoms with Crippen molar-refractivity contribution in [2.24, 2.45) is 5.84 Å². The maximum atomic E-state index is 11.1. The van der Waals surface area contributed by atoms with Gasteiger partial charge in [-0.3, -0.25) is 15.5 Å². The fourth-order valence-corrected chi connectivity index (χ4v) is 1.73. The van der Waals surface area contributed by atoms with Gasteiger partial charge in [0.05, 0.1) is 17.7 Å². The molecular weight excluding hydrogens is 278 g/mol. The van der Waals surface area contributed by atoms with Crippen LogP contribution in [0.4, 0.5) is 17.5 Å². The van der Waals surface area contributed by atoms with Gasteiger partial charge in [-0.25, -0.2) is 15.8 Å². The minimum atomic E-state index is -0.551. The molecule has 0 spiro atoms. The second-order valence-corrected chi connectivity index (χ2v) is 4.16. The van der Waals surface area contributed by atoms with Crippen molar-refractivity contribution in [2.45, 2.75) is 26.8 Å². The van der Waals surface area contributed by atoms with Crippen LogP contribution in [0.15, 0.2) is 10.6 Å². The van der Waals surface area contributed by atoms with Crippen molar-refractivity contribution in [1.82, 2.24) is 15.0 Å². The van der Waals surface area contributed by atoms with Crippen molar-refractivity contribution in [2.75, 3.05) is 10.7 Å². The molecule has 0 saturated carbocycles. The normalized spacial score (nSPS) is 10.4. The number of hydrogen-bond donors (Lipinski definition) is 3. The molecule has 112 valence electrons. The molecule has 0 bridgehead atoms. The Morgan fingerprint density at radius 2 is 2.24 bits per heavy atom. The van der Waals surface area contributed by atoms with E-state index in [0.29, 0.717) is 5.89 Å². The first kappa shape index (κ1) is 14.7. The number of hydrogen-bond acceptors (Lipinski definition) is 9. The molecule has 10 heteroatoms. The lowest BCUT2D eigenvalue weighted by Crippen LogP contribution is -2.14. The number of nitrogens with one attached hydrogen (secondary N) is 2. The van der Waals surface area contributed by atoms with Crippen LogP contribution in [0.3, 0.4) is 0 Å². The zero-order chi connectivity index (χ0) is 15.4. The molecule has 2 rings (SSSR count). The quantitative estimate of drug-likeness (QED) is 0.405. The largest absolute Gasteiger partial charge is 0.444 e. The number of nitrogen functional groups attached to an aromatic ring is 1. The number of nitrogens with two attached hydrogens (primary N) is 1. The molecule has 0 aliphatic carbocycles. The molecule has 2 aromatic rings. The Kier molecular flexibility index (Phi) is 4.28. The van der Waals surface area contributed by atoms with E-state index in [0.717, 1.165) is 12.2 Å². The van der Waals surface area contributed by atoms with Crippen LogP contribution in [-0.4, -0.2) is 19.9 Å². The molecule has 10 nitrogen and oxygen atoms in total. The summed E-state index contributed by atoms with van der Waals surface area (Å²) in [5.41, 5.74) is 2.25. The second-order valence-electron chi connectivity index (χ2n) is 4.16. The van der Waals surface area contributed by atoms with Gasteiger partial charge in [-0.1, -0.05) is 6.92 Å². The van der Waals surface area contributed by atoms with Gasteiger partial charge in [-0.2, -0.15) is 4.98 Å². The van der Waals surface area contributed by atoms with Crippen molar-refractivity contribution in [3.63, 3.8) is 0 Å². The van der Waals surface area contributed by atoms with Crippen LogP contribution < -0.4 is 16.6 Å². The molecule has 0 atom stereocenters. The Hall–Kier alpha value is -2.75. The average molecular weight is 293 g/mol. The van der Waals surface area contributed by atoms with Crippen LogP contribution in [-0.2, 0) is 13.0 Å². The third kappa shape index (κ3) is 3.23. The molecule has 0 unspecified atom stereocenters. The highest BCUT2D eigenvalue weighted by Crippen LogP contribution is 2.26. The zero-order valence-corrected chi connectivity index (χ0v) is 11.6. The number of oxazole rings is 1. The summed E-state index contributed by atoms with van der Waals surface area (Å²) in [6.07, 6.45) is 2.34. The summed E-state index contributed by atoms with van der Waals surface area (Å²) in [6.45, 7) is 3.61. The van der Waals surface area contributed by atoms with Gasteiger partial charge in [0.15, 0.2) is 0 Å². The fraction of sp³-hybridized carbons (Fsp3) is 0.364. The van der Waals surface area contributed by atoms with E-state index in [2.05, 4.69) is 25.7 Å². The van der Waals surface area contributed by atoms with Gasteiger partial charge in [0.25, 0.3) is 0 Å².